The highest BCUT2D eigenvalue weighted by Crippen LogP contribution is 2.35. The third kappa shape index (κ3) is 3.68. The molecular formula is C16H22F3N. The number of nitrogens with one attached hydrogen (secondary N) is 1. The summed E-state index contributed by atoms with van der Waals surface area (Å²) in [5.41, 5.74) is 0.307. The Kier molecular flexibility index (Phi) is 4.31. The van der Waals surface area contributed by atoms with Gasteiger partial charge in [0.1, 0.15) is 0 Å². The van der Waals surface area contributed by atoms with Crippen LogP contribution < -0.4 is 5.32 Å². The first-order chi connectivity index (χ1) is 9.25. The van der Waals surface area contributed by atoms with E-state index in [1.165, 1.54) is 19.4 Å². The third-order valence-electron chi connectivity index (χ3n) is 4.09. The molecule has 1 nitrogen and oxygen atoms in total. The Morgan fingerprint density at radius 2 is 1.65 bits per heavy atom. The van der Waals surface area contributed by atoms with E-state index in [9.17, 15) is 13.2 Å². The van der Waals surface area contributed by atoms with Gasteiger partial charge in [-0.05, 0) is 55.7 Å². The zero-order valence-electron chi connectivity index (χ0n) is 12.2. The molecule has 1 saturated carbocycles. The number of hydrogen-bond donors (Lipinski definition) is 1. The minimum Gasteiger partial charge on any atom is -0.382 e. The van der Waals surface area contributed by atoms with Crippen LogP contribution in [-0.4, -0.2) is 6.04 Å². The Morgan fingerprint density at radius 1 is 1.05 bits per heavy atom. The lowest BCUT2D eigenvalue weighted by Gasteiger charge is -2.32. The van der Waals surface area contributed by atoms with Gasteiger partial charge < -0.3 is 5.32 Å². The molecular weight excluding hydrogens is 263 g/mol. The summed E-state index contributed by atoms with van der Waals surface area (Å²) in [7, 11) is 0. The highest BCUT2D eigenvalue weighted by molar-refractivity contribution is 5.50. The Hall–Kier alpha value is -1.19. The molecule has 0 heterocycles. The van der Waals surface area contributed by atoms with Crippen LogP contribution >= 0.6 is 0 Å². The van der Waals surface area contributed by atoms with Crippen LogP contribution in [0, 0.1) is 18.8 Å². The Morgan fingerprint density at radius 3 is 2.20 bits per heavy atom. The SMILES string of the molecule is Cc1ccc(NC2CC(C)CC(C)C2)cc1C(F)(F)F. The van der Waals surface area contributed by atoms with E-state index in [4.69, 9.17) is 0 Å². The molecule has 2 unspecified atom stereocenters. The summed E-state index contributed by atoms with van der Waals surface area (Å²) < 4.78 is 38.7. The van der Waals surface area contributed by atoms with Gasteiger partial charge in [-0.2, -0.15) is 13.2 Å². The smallest absolute Gasteiger partial charge is 0.382 e. The van der Waals surface area contributed by atoms with Crippen LogP contribution in [0.25, 0.3) is 0 Å². The highest BCUT2D eigenvalue weighted by Gasteiger charge is 2.32. The number of aryl methyl sites for hydroxylation is 1. The third-order valence-corrected chi connectivity index (χ3v) is 4.09. The Labute approximate surface area is 118 Å². The summed E-state index contributed by atoms with van der Waals surface area (Å²) in [6.45, 7) is 5.92. The lowest BCUT2D eigenvalue weighted by Crippen LogP contribution is -2.30. The van der Waals surface area contributed by atoms with E-state index < -0.39 is 11.7 Å². The average molecular weight is 285 g/mol. The van der Waals surface area contributed by atoms with Crippen molar-refractivity contribution in [3.05, 3.63) is 29.3 Å². The molecule has 112 valence electrons. The van der Waals surface area contributed by atoms with E-state index in [0.29, 0.717) is 17.5 Å². The monoisotopic (exact) mass is 285 g/mol. The van der Waals surface area contributed by atoms with Gasteiger partial charge in [-0.25, -0.2) is 0 Å². The van der Waals surface area contributed by atoms with Crippen molar-refractivity contribution < 1.29 is 13.2 Å². The van der Waals surface area contributed by atoms with Crippen molar-refractivity contribution in [2.45, 2.75) is 52.3 Å². The van der Waals surface area contributed by atoms with E-state index in [2.05, 4.69) is 19.2 Å². The lowest BCUT2D eigenvalue weighted by molar-refractivity contribution is -0.138. The molecule has 0 bridgehead atoms. The highest BCUT2D eigenvalue weighted by atomic mass is 19.4. The number of anilines is 1. The molecule has 0 amide bonds. The predicted molar refractivity (Wildman–Crippen MR) is 75.8 cm³/mol. The van der Waals surface area contributed by atoms with Crippen LogP contribution in [0.4, 0.5) is 18.9 Å². The van der Waals surface area contributed by atoms with Crippen molar-refractivity contribution in [1.29, 1.82) is 0 Å². The fraction of sp³-hybridized carbons (Fsp3) is 0.625. The van der Waals surface area contributed by atoms with E-state index in [1.807, 2.05) is 0 Å². The first-order valence-electron chi connectivity index (χ1n) is 7.20. The van der Waals surface area contributed by atoms with Gasteiger partial charge in [-0.15, -0.1) is 0 Å². The second-order valence-corrected chi connectivity index (χ2v) is 6.29. The topological polar surface area (TPSA) is 12.0 Å². The van der Waals surface area contributed by atoms with Crippen LogP contribution in [0.3, 0.4) is 0 Å². The van der Waals surface area contributed by atoms with Gasteiger partial charge in [0, 0.05) is 11.7 Å². The maximum absolute atomic E-state index is 12.9. The van der Waals surface area contributed by atoms with Gasteiger partial charge in [0.15, 0.2) is 0 Å². The number of halogens is 3. The summed E-state index contributed by atoms with van der Waals surface area (Å²) in [6.07, 6.45) is -1.02. The summed E-state index contributed by atoms with van der Waals surface area (Å²) in [6, 6.07) is 4.80. The van der Waals surface area contributed by atoms with Crippen molar-refractivity contribution in [2.75, 3.05) is 5.32 Å². The van der Waals surface area contributed by atoms with Crippen molar-refractivity contribution >= 4 is 5.69 Å². The molecule has 1 N–H and O–H groups in total. The summed E-state index contributed by atoms with van der Waals surface area (Å²) in [4.78, 5) is 0. The normalized spacial score (nSPS) is 27.4. The minimum atomic E-state index is -4.28. The molecule has 0 radical (unpaired) electrons. The van der Waals surface area contributed by atoms with Gasteiger partial charge >= 0.3 is 6.18 Å². The number of rotatable bonds is 2. The Balaban J connectivity index is 2.14. The van der Waals surface area contributed by atoms with Crippen molar-refractivity contribution in [2.24, 2.45) is 11.8 Å². The maximum Gasteiger partial charge on any atom is 0.416 e. The van der Waals surface area contributed by atoms with Gasteiger partial charge in [0.25, 0.3) is 0 Å². The van der Waals surface area contributed by atoms with E-state index in [-0.39, 0.29) is 11.6 Å². The second-order valence-electron chi connectivity index (χ2n) is 6.29. The molecule has 1 aromatic rings. The zero-order valence-corrected chi connectivity index (χ0v) is 12.2. The molecule has 2 rings (SSSR count). The summed E-state index contributed by atoms with van der Waals surface area (Å²) >= 11 is 0. The predicted octanol–water partition coefficient (Wildman–Crippen LogP) is 5.25. The number of hydrogen-bond acceptors (Lipinski definition) is 1. The first kappa shape index (κ1) is 15.2. The molecule has 1 fully saturated rings. The van der Waals surface area contributed by atoms with E-state index >= 15 is 0 Å². The van der Waals surface area contributed by atoms with Crippen LogP contribution in [0.5, 0.6) is 0 Å². The van der Waals surface area contributed by atoms with E-state index in [1.54, 1.807) is 12.1 Å². The van der Waals surface area contributed by atoms with Crippen LogP contribution in [-0.2, 0) is 6.18 Å². The Bertz CT molecular complexity index is 457. The molecule has 1 aliphatic rings. The van der Waals surface area contributed by atoms with Gasteiger partial charge in [0.2, 0.25) is 0 Å². The average Bonchev–Trinajstić information content (AvgIpc) is 2.29. The van der Waals surface area contributed by atoms with Crippen LogP contribution in [0.2, 0.25) is 0 Å². The molecule has 1 aromatic carbocycles. The number of alkyl halides is 3. The van der Waals surface area contributed by atoms with Crippen molar-refractivity contribution in [3.63, 3.8) is 0 Å². The first-order valence-corrected chi connectivity index (χ1v) is 7.20. The fourth-order valence-electron chi connectivity index (χ4n) is 3.32. The molecule has 0 saturated heterocycles. The zero-order chi connectivity index (χ0) is 14.9. The maximum atomic E-state index is 12.9. The standard InChI is InChI=1S/C16H22F3N/c1-10-6-11(2)8-14(7-10)20-13-5-4-12(3)15(9-13)16(17,18)19/h4-5,9-11,14,20H,6-8H2,1-3H3. The lowest BCUT2D eigenvalue weighted by atomic mass is 9.80. The van der Waals surface area contributed by atoms with Crippen LogP contribution in [0.1, 0.15) is 44.2 Å². The van der Waals surface area contributed by atoms with Crippen LogP contribution in [0.15, 0.2) is 18.2 Å². The van der Waals surface area contributed by atoms with Crippen molar-refractivity contribution in [3.8, 4) is 0 Å². The largest absolute Gasteiger partial charge is 0.416 e. The molecule has 0 spiro atoms. The van der Waals surface area contributed by atoms with Gasteiger partial charge in [-0.1, -0.05) is 19.9 Å². The minimum absolute atomic E-state index is 0.272. The summed E-state index contributed by atoms with van der Waals surface area (Å²) in [5.74, 6) is 1.26. The fourth-order valence-corrected chi connectivity index (χ4v) is 3.32. The summed E-state index contributed by atoms with van der Waals surface area (Å²) in [5, 5.41) is 3.28. The molecule has 0 aromatic heterocycles. The van der Waals surface area contributed by atoms with E-state index in [0.717, 1.165) is 12.8 Å². The number of benzene rings is 1. The second kappa shape index (κ2) is 5.66. The molecule has 1 aliphatic carbocycles. The molecule has 0 aliphatic heterocycles. The van der Waals surface area contributed by atoms with Crippen molar-refractivity contribution in [1.82, 2.24) is 0 Å². The van der Waals surface area contributed by atoms with Gasteiger partial charge in [-0.3, -0.25) is 0 Å². The van der Waals surface area contributed by atoms with Gasteiger partial charge in [0.05, 0.1) is 5.56 Å². The molecule has 2 atom stereocenters. The molecule has 20 heavy (non-hydrogen) atoms. The quantitative estimate of drug-likeness (QED) is 0.782. The molecule has 4 heteroatoms.